The summed E-state index contributed by atoms with van der Waals surface area (Å²) in [6, 6.07) is 12.7. The molecule has 0 aromatic heterocycles. The zero-order valence-corrected chi connectivity index (χ0v) is 18.2. The minimum absolute atomic E-state index is 0.194. The standard InChI is InChI=1S/C21H24N4O5S/c1-21(17-8-7-15-5-3-4-6-16(15)13-17)19(27)25(20(28)22-21)14-18(26)23-9-11-24(12-10-23)31(2,29)30/h3-8,13H,9-12,14H2,1-2H3,(H,22,28). The maximum Gasteiger partial charge on any atom is 0.325 e. The molecule has 9 nitrogen and oxygen atoms in total. The van der Waals surface area contributed by atoms with Gasteiger partial charge >= 0.3 is 6.03 Å². The van der Waals surface area contributed by atoms with Crippen LogP contribution in [0.15, 0.2) is 42.5 Å². The molecule has 4 rings (SSSR count). The van der Waals surface area contributed by atoms with Gasteiger partial charge in [-0.05, 0) is 29.3 Å². The van der Waals surface area contributed by atoms with Crippen molar-refractivity contribution in [3.05, 3.63) is 48.0 Å². The van der Waals surface area contributed by atoms with Gasteiger partial charge in [0.2, 0.25) is 15.9 Å². The fourth-order valence-electron chi connectivity index (χ4n) is 4.04. The van der Waals surface area contributed by atoms with E-state index in [0.717, 1.165) is 21.9 Å². The number of fused-ring (bicyclic) bond motifs is 1. The first-order valence-electron chi connectivity index (χ1n) is 9.96. The molecule has 0 radical (unpaired) electrons. The molecule has 2 aliphatic heterocycles. The highest BCUT2D eigenvalue weighted by molar-refractivity contribution is 7.88. The minimum Gasteiger partial charge on any atom is -0.338 e. The summed E-state index contributed by atoms with van der Waals surface area (Å²) in [5.74, 6) is -0.879. The van der Waals surface area contributed by atoms with Gasteiger partial charge in [-0.1, -0.05) is 36.4 Å². The molecular weight excluding hydrogens is 420 g/mol. The zero-order valence-electron chi connectivity index (χ0n) is 17.4. The average molecular weight is 445 g/mol. The molecule has 10 heteroatoms. The smallest absolute Gasteiger partial charge is 0.325 e. The van der Waals surface area contributed by atoms with Crippen LogP contribution in [0, 0.1) is 0 Å². The van der Waals surface area contributed by atoms with Gasteiger partial charge in [0, 0.05) is 26.2 Å². The van der Waals surface area contributed by atoms with Gasteiger partial charge < -0.3 is 10.2 Å². The molecular formula is C21H24N4O5S. The van der Waals surface area contributed by atoms with E-state index in [2.05, 4.69) is 5.32 Å². The Morgan fingerprint density at radius 3 is 2.32 bits per heavy atom. The van der Waals surface area contributed by atoms with Crippen LogP contribution in [0.4, 0.5) is 4.79 Å². The average Bonchev–Trinajstić information content (AvgIpc) is 2.96. The van der Waals surface area contributed by atoms with Crippen LogP contribution >= 0.6 is 0 Å². The number of amides is 4. The summed E-state index contributed by atoms with van der Waals surface area (Å²) in [5, 5.41) is 4.69. The number of piperazine rings is 1. The number of imide groups is 1. The first-order chi connectivity index (χ1) is 14.6. The second-order valence-corrected chi connectivity index (χ2v) is 10.0. The Hall–Kier alpha value is -2.98. The normalized spacial score (nSPS) is 22.8. The zero-order chi connectivity index (χ0) is 22.4. The number of hydrogen-bond donors (Lipinski definition) is 1. The van der Waals surface area contributed by atoms with Crippen molar-refractivity contribution in [2.75, 3.05) is 39.0 Å². The van der Waals surface area contributed by atoms with Crippen molar-refractivity contribution < 1.29 is 22.8 Å². The summed E-state index contributed by atoms with van der Waals surface area (Å²) in [4.78, 5) is 40.9. The molecule has 2 aliphatic rings. The summed E-state index contributed by atoms with van der Waals surface area (Å²) in [7, 11) is -3.31. The molecule has 1 N–H and O–H groups in total. The van der Waals surface area contributed by atoms with Gasteiger partial charge in [0.1, 0.15) is 12.1 Å². The van der Waals surface area contributed by atoms with Gasteiger partial charge in [0.05, 0.1) is 6.26 Å². The molecule has 0 spiro atoms. The Balaban J connectivity index is 1.48. The highest BCUT2D eigenvalue weighted by Crippen LogP contribution is 2.31. The molecule has 4 amide bonds. The van der Waals surface area contributed by atoms with E-state index >= 15 is 0 Å². The number of nitrogens with one attached hydrogen (secondary N) is 1. The van der Waals surface area contributed by atoms with Crippen LogP contribution in [-0.4, -0.2) is 79.3 Å². The van der Waals surface area contributed by atoms with Gasteiger partial charge in [-0.2, -0.15) is 4.31 Å². The second kappa shape index (κ2) is 7.61. The van der Waals surface area contributed by atoms with Crippen LogP contribution in [0.5, 0.6) is 0 Å². The number of carbonyl (C=O) groups excluding carboxylic acids is 3. The van der Waals surface area contributed by atoms with E-state index in [1.54, 1.807) is 13.0 Å². The van der Waals surface area contributed by atoms with Crippen molar-refractivity contribution in [2.24, 2.45) is 0 Å². The van der Waals surface area contributed by atoms with Crippen LogP contribution in [0.2, 0.25) is 0 Å². The van der Waals surface area contributed by atoms with Crippen molar-refractivity contribution >= 4 is 38.6 Å². The molecule has 1 unspecified atom stereocenters. The number of rotatable bonds is 4. The van der Waals surface area contributed by atoms with Crippen LogP contribution in [0.3, 0.4) is 0 Å². The van der Waals surface area contributed by atoms with E-state index in [-0.39, 0.29) is 38.6 Å². The SMILES string of the molecule is CC1(c2ccc3ccccc3c2)NC(=O)N(CC(=O)N2CCN(S(C)(=O)=O)CC2)C1=O. The van der Waals surface area contributed by atoms with Crippen molar-refractivity contribution in [3.63, 3.8) is 0 Å². The fraction of sp³-hybridized carbons (Fsp3) is 0.381. The van der Waals surface area contributed by atoms with Crippen LogP contribution in [-0.2, 0) is 25.2 Å². The quantitative estimate of drug-likeness (QED) is 0.699. The van der Waals surface area contributed by atoms with Gasteiger partial charge in [-0.25, -0.2) is 13.2 Å². The number of hydrogen-bond acceptors (Lipinski definition) is 5. The Morgan fingerprint density at radius 2 is 1.68 bits per heavy atom. The Labute approximate surface area is 180 Å². The number of nitrogens with zero attached hydrogens (tertiary/aromatic N) is 3. The third-order valence-electron chi connectivity index (χ3n) is 5.96. The van der Waals surface area contributed by atoms with E-state index in [1.807, 2.05) is 36.4 Å². The minimum atomic E-state index is -3.31. The molecule has 1 atom stereocenters. The second-order valence-electron chi connectivity index (χ2n) is 8.05. The van der Waals surface area contributed by atoms with Crippen molar-refractivity contribution in [1.29, 1.82) is 0 Å². The van der Waals surface area contributed by atoms with E-state index < -0.39 is 27.5 Å². The predicted octanol–water partition coefficient (Wildman–Crippen LogP) is 0.711. The van der Waals surface area contributed by atoms with E-state index in [4.69, 9.17) is 0 Å². The Bertz CT molecular complexity index is 1170. The first-order valence-corrected chi connectivity index (χ1v) is 11.8. The topological polar surface area (TPSA) is 107 Å². The first kappa shape index (κ1) is 21.3. The molecule has 2 aromatic rings. The van der Waals surface area contributed by atoms with Crippen LogP contribution < -0.4 is 5.32 Å². The van der Waals surface area contributed by atoms with E-state index in [0.29, 0.717) is 5.56 Å². The lowest BCUT2D eigenvalue weighted by Gasteiger charge is -2.33. The predicted molar refractivity (Wildman–Crippen MR) is 115 cm³/mol. The number of benzene rings is 2. The maximum absolute atomic E-state index is 13.2. The molecule has 2 heterocycles. The molecule has 0 aliphatic carbocycles. The summed E-state index contributed by atoms with van der Waals surface area (Å²) < 4.78 is 24.6. The fourth-order valence-corrected chi connectivity index (χ4v) is 4.87. The van der Waals surface area contributed by atoms with Crippen LogP contribution in [0.25, 0.3) is 10.8 Å². The number of urea groups is 1. The third-order valence-corrected chi connectivity index (χ3v) is 7.26. The summed E-state index contributed by atoms with van der Waals surface area (Å²) in [5.41, 5.74) is -0.627. The highest BCUT2D eigenvalue weighted by atomic mass is 32.2. The molecule has 31 heavy (non-hydrogen) atoms. The maximum atomic E-state index is 13.2. The number of carbonyl (C=O) groups is 3. The summed E-state index contributed by atoms with van der Waals surface area (Å²) in [6.07, 6.45) is 1.13. The van der Waals surface area contributed by atoms with Crippen LogP contribution in [0.1, 0.15) is 12.5 Å². The Morgan fingerprint density at radius 1 is 1.03 bits per heavy atom. The molecule has 2 fully saturated rings. The molecule has 164 valence electrons. The molecule has 0 saturated carbocycles. The lowest BCUT2D eigenvalue weighted by Crippen LogP contribution is -2.53. The molecule has 2 saturated heterocycles. The molecule has 0 bridgehead atoms. The van der Waals surface area contributed by atoms with Crippen molar-refractivity contribution in [2.45, 2.75) is 12.5 Å². The van der Waals surface area contributed by atoms with Gasteiger partial charge in [0.25, 0.3) is 5.91 Å². The Kier molecular flexibility index (Phi) is 5.22. The van der Waals surface area contributed by atoms with E-state index in [9.17, 15) is 22.8 Å². The monoisotopic (exact) mass is 444 g/mol. The lowest BCUT2D eigenvalue weighted by molar-refractivity contribution is -0.139. The van der Waals surface area contributed by atoms with Gasteiger partial charge in [-0.3, -0.25) is 14.5 Å². The van der Waals surface area contributed by atoms with Crippen molar-refractivity contribution in [3.8, 4) is 0 Å². The number of sulfonamides is 1. The lowest BCUT2D eigenvalue weighted by atomic mass is 9.90. The largest absolute Gasteiger partial charge is 0.338 e. The summed E-state index contributed by atoms with van der Waals surface area (Å²) >= 11 is 0. The van der Waals surface area contributed by atoms with E-state index in [1.165, 1.54) is 9.21 Å². The van der Waals surface area contributed by atoms with Crippen molar-refractivity contribution in [1.82, 2.24) is 19.4 Å². The third kappa shape index (κ3) is 3.88. The molecule has 2 aromatic carbocycles. The van der Waals surface area contributed by atoms with Gasteiger partial charge in [0.15, 0.2) is 0 Å². The highest BCUT2D eigenvalue weighted by Gasteiger charge is 2.49. The summed E-state index contributed by atoms with van der Waals surface area (Å²) in [6.45, 7) is 2.08. The van der Waals surface area contributed by atoms with Gasteiger partial charge in [-0.15, -0.1) is 0 Å².